The van der Waals surface area contributed by atoms with Crippen molar-refractivity contribution in [1.29, 1.82) is 0 Å². The van der Waals surface area contributed by atoms with Crippen molar-refractivity contribution in [2.24, 2.45) is 5.10 Å². The molecule has 0 fully saturated rings. The second-order valence-corrected chi connectivity index (χ2v) is 9.48. The number of sulfonamides is 1. The van der Waals surface area contributed by atoms with Gasteiger partial charge in [0, 0.05) is 11.9 Å². The quantitative estimate of drug-likeness (QED) is 0.219. The Kier molecular flexibility index (Phi) is 8.04. The number of esters is 1. The van der Waals surface area contributed by atoms with Crippen LogP contribution in [0.25, 0.3) is 0 Å². The van der Waals surface area contributed by atoms with E-state index in [4.69, 9.17) is 16.3 Å². The van der Waals surface area contributed by atoms with Gasteiger partial charge in [-0.2, -0.15) is 5.10 Å². The third kappa shape index (κ3) is 6.43. The lowest BCUT2D eigenvalue weighted by Gasteiger charge is -2.24. The normalized spacial score (nSPS) is 11.3. The highest BCUT2D eigenvalue weighted by Gasteiger charge is 2.27. The number of nitrogens with one attached hydrogen (secondary N) is 1. The first-order chi connectivity index (χ1) is 16.2. The maximum absolute atomic E-state index is 13.3. The molecule has 0 unspecified atom stereocenters. The standard InChI is InChI=1S/C24H22ClN3O5S/c1-17-8-11-20(14-23(17)25)28(34(31,32)22-6-4-3-5-7-22)16-24(30)27-26-15-19-9-12-21(13-10-19)33-18(2)29/h3-15H,16H2,1-2H3,(H,27,30)/b26-15-. The Balaban J connectivity index is 1.78. The smallest absolute Gasteiger partial charge is 0.308 e. The predicted octanol–water partition coefficient (Wildman–Crippen LogP) is 3.92. The first-order valence-corrected chi connectivity index (χ1v) is 11.9. The number of benzene rings is 3. The van der Waals surface area contributed by atoms with Crippen molar-refractivity contribution in [2.75, 3.05) is 10.8 Å². The van der Waals surface area contributed by atoms with E-state index in [-0.39, 0.29) is 10.6 Å². The summed E-state index contributed by atoms with van der Waals surface area (Å²) in [6.07, 6.45) is 1.38. The Morgan fingerprint density at radius 3 is 2.35 bits per heavy atom. The van der Waals surface area contributed by atoms with Crippen LogP contribution in [0.1, 0.15) is 18.1 Å². The van der Waals surface area contributed by atoms with E-state index in [9.17, 15) is 18.0 Å². The fraction of sp³-hybridized carbons (Fsp3) is 0.125. The number of nitrogens with zero attached hydrogens (tertiary/aromatic N) is 2. The van der Waals surface area contributed by atoms with E-state index in [0.29, 0.717) is 16.3 Å². The SMILES string of the molecule is CC(=O)Oc1ccc(/C=N\NC(=O)CN(c2ccc(C)c(Cl)c2)S(=O)(=O)c2ccccc2)cc1. The second-order valence-electron chi connectivity index (χ2n) is 7.21. The van der Waals surface area contributed by atoms with E-state index in [1.807, 2.05) is 0 Å². The van der Waals surface area contributed by atoms with Crippen LogP contribution >= 0.6 is 11.6 Å². The molecule has 0 spiro atoms. The molecule has 0 saturated carbocycles. The number of rotatable bonds is 8. The molecule has 176 valence electrons. The van der Waals surface area contributed by atoms with Gasteiger partial charge in [-0.25, -0.2) is 13.8 Å². The van der Waals surface area contributed by atoms with E-state index in [1.54, 1.807) is 61.5 Å². The summed E-state index contributed by atoms with van der Waals surface area (Å²) in [4.78, 5) is 23.6. The number of carbonyl (C=O) groups excluding carboxylic acids is 2. The van der Waals surface area contributed by atoms with Gasteiger partial charge in [0.1, 0.15) is 12.3 Å². The zero-order chi connectivity index (χ0) is 24.7. The Morgan fingerprint density at radius 2 is 1.74 bits per heavy atom. The molecule has 34 heavy (non-hydrogen) atoms. The average molecular weight is 500 g/mol. The summed E-state index contributed by atoms with van der Waals surface area (Å²) in [5, 5.41) is 4.26. The Hall–Kier alpha value is -3.69. The predicted molar refractivity (Wildman–Crippen MR) is 131 cm³/mol. The molecule has 3 aromatic rings. The number of hydrogen-bond donors (Lipinski definition) is 1. The van der Waals surface area contributed by atoms with E-state index >= 15 is 0 Å². The molecule has 0 bridgehead atoms. The molecular weight excluding hydrogens is 478 g/mol. The first-order valence-electron chi connectivity index (χ1n) is 10.1. The number of amides is 1. The van der Waals surface area contributed by atoms with Gasteiger partial charge in [0.15, 0.2) is 0 Å². The van der Waals surface area contributed by atoms with E-state index in [1.165, 1.54) is 31.3 Å². The maximum Gasteiger partial charge on any atom is 0.308 e. The van der Waals surface area contributed by atoms with Crippen molar-refractivity contribution in [3.63, 3.8) is 0 Å². The fourth-order valence-electron chi connectivity index (χ4n) is 2.90. The van der Waals surface area contributed by atoms with Crippen LogP contribution < -0.4 is 14.5 Å². The van der Waals surface area contributed by atoms with Gasteiger partial charge in [0.2, 0.25) is 0 Å². The highest BCUT2D eigenvalue weighted by molar-refractivity contribution is 7.92. The van der Waals surface area contributed by atoms with Crippen molar-refractivity contribution >= 4 is 45.4 Å². The van der Waals surface area contributed by atoms with Gasteiger partial charge in [-0.3, -0.25) is 13.9 Å². The molecule has 0 aliphatic heterocycles. The van der Waals surface area contributed by atoms with Gasteiger partial charge in [-0.05, 0) is 66.6 Å². The van der Waals surface area contributed by atoms with Crippen LogP contribution in [-0.4, -0.2) is 33.1 Å². The number of anilines is 1. The van der Waals surface area contributed by atoms with Crippen LogP contribution in [0.5, 0.6) is 5.75 Å². The van der Waals surface area contributed by atoms with Gasteiger partial charge in [-0.1, -0.05) is 35.9 Å². The number of carbonyl (C=O) groups is 2. The Labute approximate surface area is 202 Å². The lowest BCUT2D eigenvalue weighted by atomic mass is 10.2. The third-order valence-corrected chi connectivity index (χ3v) is 6.80. The number of halogens is 1. The second kappa shape index (κ2) is 11.0. The number of hydrogen-bond acceptors (Lipinski definition) is 6. The molecule has 3 aromatic carbocycles. The molecule has 0 aliphatic carbocycles. The first kappa shape index (κ1) is 24.9. The van der Waals surface area contributed by atoms with Gasteiger partial charge in [0.25, 0.3) is 15.9 Å². The molecule has 0 atom stereocenters. The molecule has 1 N–H and O–H groups in total. The number of ether oxygens (including phenoxy) is 1. The molecule has 0 heterocycles. The van der Waals surface area contributed by atoms with Crippen molar-refractivity contribution in [2.45, 2.75) is 18.7 Å². The number of hydrazone groups is 1. The molecular formula is C24H22ClN3O5S. The van der Waals surface area contributed by atoms with Crippen LogP contribution in [0.4, 0.5) is 5.69 Å². The lowest BCUT2D eigenvalue weighted by molar-refractivity contribution is -0.131. The largest absolute Gasteiger partial charge is 0.427 e. The van der Waals surface area contributed by atoms with Crippen LogP contribution in [0.15, 0.2) is 82.8 Å². The zero-order valence-corrected chi connectivity index (χ0v) is 20.0. The minimum absolute atomic E-state index is 0.0378. The minimum Gasteiger partial charge on any atom is -0.427 e. The van der Waals surface area contributed by atoms with Crippen LogP contribution in [0.3, 0.4) is 0 Å². The van der Waals surface area contributed by atoms with Crippen LogP contribution in [0.2, 0.25) is 5.02 Å². The Bertz CT molecular complexity index is 1310. The minimum atomic E-state index is -4.05. The highest BCUT2D eigenvalue weighted by atomic mass is 35.5. The average Bonchev–Trinajstić information content (AvgIpc) is 2.81. The molecule has 3 rings (SSSR count). The zero-order valence-electron chi connectivity index (χ0n) is 18.4. The molecule has 0 aliphatic rings. The molecule has 1 amide bonds. The third-order valence-electron chi connectivity index (χ3n) is 4.61. The fourth-order valence-corrected chi connectivity index (χ4v) is 4.51. The van der Waals surface area contributed by atoms with Crippen LogP contribution in [0, 0.1) is 6.92 Å². The summed E-state index contributed by atoms with van der Waals surface area (Å²) in [5.74, 6) is -0.699. The number of aryl methyl sites for hydroxylation is 1. The molecule has 0 radical (unpaired) electrons. The molecule has 8 nitrogen and oxygen atoms in total. The summed E-state index contributed by atoms with van der Waals surface area (Å²) in [5.41, 5.74) is 3.99. The Morgan fingerprint density at radius 1 is 1.06 bits per heavy atom. The summed E-state index contributed by atoms with van der Waals surface area (Å²) >= 11 is 6.21. The van der Waals surface area contributed by atoms with E-state index < -0.39 is 28.4 Å². The maximum atomic E-state index is 13.3. The lowest BCUT2D eigenvalue weighted by Crippen LogP contribution is -2.39. The topological polar surface area (TPSA) is 105 Å². The van der Waals surface area contributed by atoms with Crippen molar-refractivity contribution in [1.82, 2.24) is 5.43 Å². The van der Waals surface area contributed by atoms with Crippen molar-refractivity contribution in [3.8, 4) is 5.75 Å². The van der Waals surface area contributed by atoms with Gasteiger partial charge in [-0.15, -0.1) is 0 Å². The highest BCUT2D eigenvalue weighted by Crippen LogP contribution is 2.27. The van der Waals surface area contributed by atoms with Gasteiger partial charge in [0.05, 0.1) is 16.8 Å². The monoisotopic (exact) mass is 499 g/mol. The molecule has 10 heteroatoms. The van der Waals surface area contributed by atoms with Gasteiger partial charge < -0.3 is 4.74 Å². The summed E-state index contributed by atoms with van der Waals surface area (Å²) in [6.45, 7) is 2.58. The molecule has 0 aromatic heterocycles. The van der Waals surface area contributed by atoms with E-state index in [0.717, 1.165) is 9.87 Å². The van der Waals surface area contributed by atoms with E-state index in [2.05, 4.69) is 10.5 Å². The summed E-state index contributed by atoms with van der Waals surface area (Å²) in [7, 11) is -4.05. The van der Waals surface area contributed by atoms with Crippen molar-refractivity contribution < 1.29 is 22.7 Å². The molecule has 0 saturated heterocycles. The van der Waals surface area contributed by atoms with Crippen LogP contribution in [-0.2, 0) is 19.6 Å². The van der Waals surface area contributed by atoms with Crippen molar-refractivity contribution in [3.05, 3.63) is 88.9 Å². The summed E-state index contributed by atoms with van der Waals surface area (Å²) < 4.78 is 32.5. The summed E-state index contributed by atoms with van der Waals surface area (Å²) in [6, 6.07) is 19.0. The van der Waals surface area contributed by atoms with Gasteiger partial charge >= 0.3 is 5.97 Å².